The Labute approximate surface area is 135 Å². The van der Waals surface area contributed by atoms with E-state index in [4.69, 9.17) is 0 Å². The van der Waals surface area contributed by atoms with Crippen LogP contribution in [0.4, 0.5) is 11.4 Å². The van der Waals surface area contributed by atoms with E-state index in [1.807, 2.05) is 24.3 Å². The number of nitro benzene ring substituents is 1. The van der Waals surface area contributed by atoms with E-state index < -0.39 is 4.92 Å². The van der Waals surface area contributed by atoms with Gasteiger partial charge in [0, 0.05) is 22.9 Å². The molecule has 0 radical (unpaired) electrons. The number of rotatable bonds is 5. The molecule has 0 spiro atoms. The molecule has 0 unspecified atom stereocenters. The molecule has 0 saturated carbocycles. The predicted octanol–water partition coefficient (Wildman–Crippen LogP) is 4.67. The molecule has 0 aromatic heterocycles. The second kappa shape index (κ2) is 7.05. The Morgan fingerprint density at radius 3 is 2.43 bits per heavy atom. The van der Waals surface area contributed by atoms with Crippen molar-refractivity contribution in [2.75, 3.05) is 5.32 Å². The molecule has 2 aromatic carbocycles. The number of aryl methyl sites for hydroxylation is 1. The van der Waals surface area contributed by atoms with Crippen LogP contribution in [0, 0.1) is 17.0 Å². The molecular formula is C18H20N2O3. The van der Waals surface area contributed by atoms with Crippen molar-refractivity contribution >= 4 is 17.3 Å². The van der Waals surface area contributed by atoms with Gasteiger partial charge in [0.25, 0.3) is 11.6 Å². The van der Waals surface area contributed by atoms with E-state index in [0.29, 0.717) is 17.2 Å². The van der Waals surface area contributed by atoms with E-state index in [0.717, 1.165) is 6.42 Å². The van der Waals surface area contributed by atoms with Crippen LogP contribution in [-0.2, 0) is 0 Å². The zero-order chi connectivity index (χ0) is 17.0. The molecule has 0 aliphatic heterocycles. The number of carbonyl (C=O) groups is 1. The number of amides is 1. The van der Waals surface area contributed by atoms with Gasteiger partial charge >= 0.3 is 0 Å². The van der Waals surface area contributed by atoms with Crippen LogP contribution in [-0.4, -0.2) is 10.8 Å². The summed E-state index contributed by atoms with van der Waals surface area (Å²) in [4.78, 5) is 22.7. The summed E-state index contributed by atoms with van der Waals surface area (Å²) in [5.41, 5.74) is 2.64. The van der Waals surface area contributed by atoms with E-state index in [1.165, 1.54) is 11.6 Å². The van der Waals surface area contributed by atoms with Crippen molar-refractivity contribution in [2.45, 2.75) is 33.1 Å². The third kappa shape index (κ3) is 3.94. The fourth-order valence-electron chi connectivity index (χ4n) is 2.28. The Bertz CT molecular complexity index is 724. The Morgan fingerprint density at radius 2 is 1.87 bits per heavy atom. The van der Waals surface area contributed by atoms with Crippen molar-refractivity contribution in [3.8, 4) is 0 Å². The SMILES string of the molecule is CC[C@@H](C)c1ccc(NC(=O)c2ccc(C)c([N+](=O)[O-])c2)cc1. The van der Waals surface area contributed by atoms with Crippen molar-refractivity contribution in [3.05, 3.63) is 69.3 Å². The van der Waals surface area contributed by atoms with Crippen molar-refractivity contribution < 1.29 is 9.72 Å². The number of anilines is 1. The minimum Gasteiger partial charge on any atom is -0.322 e. The first-order valence-corrected chi connectivity index (χ1v) is 7.58. The number of nitrogens with zero attached hydrogens (tertiary/aromatic N) is 1. The van der Waals surface area contributed by atoms with E-state index in [9.17, 15) is 14.9 Å². The normalized spacial score (nSPS) is 11.8. The number of carbonyl (C=O) groups excluding carboxylic acids is 1. The molecule has 1 atom stereocenters. The molecule has 0 aliphatic rings. The van der Waals surface area contributed by atoms with E-state index in [1.54, 1.807) is 19.1 Å². The molecule has 1 amide bonds. The summed E-state index contributed by atoms with van der Waals surface area (Å²) in [6, 6.07) is 12.1. The molecular weight excluding hydrogens is 292 g/mol. The first-order valence-electron chi connectivity index (χ1n) is 7.58. The monoisotopic (exact) mass is 312 g/mol. The van der Waals surface area contributed by atoms with Crippen LogP contribution in [0.3, 0.4) is 0 Å². The average molecular weight is 312 g/mol. The maximum atomic E-state index is 12.2. The fraction of sp³-hybridized carbons (Fsp3) is 0.278. The van der Waals surface area contributed by atoms with Gasteiger partial charge in [0.1, 0.15) is 0 Å². The molecule has 0 aliphatic carbocycles. The third-order valence-electron chi connectivity index (χ3n) is 4.02. The van der Waals surface area contributed by atoms with Crippen molar-refractivity contribution in [1.82, 2.24) is 0 Å². The molecule has 2 rings (SSSR count). The second-order valence-corrected chi connectivity index (χ2v) is 5.64. The van der Waals surface area contributed by atoms with E-state index in [2.05, 4.69) is 19.2 Å². The van der Waals surface area contributed by atoms with Crippen LogP contribution >= 0.6 is 0 Å². The predicted molar refractivity (Wildman–Crippen MR) is 90.9 cm³/mol. The van der Waals surface area contributed by atoms with Crippen LogP contribution in [0.15, 0.2) is 42.5 Å². The first-order chi connectivity index (χ1) is 10.9. The summed E-state index contributed by atoms with van der Waals surface area (Å²) >= 11 is 0. The molecule has 1 N–H and O–H groups in total. The molecule has 2 aromatic rings. The van der Waals surface area contributed by atoms with E-state index >= 15 is 0 Å². The lowest BCUT2D eigenvalue weighted by Crippen LogP contribution is -2.12. The lowest BCUT2D eigenvalue weighted by molar-refractivity contribution is -0.385. The van der Waals surface area contributed by atoms with Crippen molar-refractivity contribution in [3.63, 3.8) is 0 Å². The Kier molecular flexibility index (Phi) is 5.11. The lowest BCUT2D eigenvalue weighted by Gasteiger charge is -2.10. The summed E-state index contributed by atoms with van der Waals surface area (Å²) in [5.74, 6) is 0.115. The Balaban J connectivity index is 2.16. The summed E-state index contributed by atoms with van der Waals surface area (Å²) < 4.78 is 0. The largest absolute Gasteiger partial charge is 0.322 e. The topological polar surface area (TPSA) is 72.2 Å². The van der Waals surface area contributed by atoms with Crippen molar-refractivity contribution in [1.29, 1.82) is 0 Å². The number of benzene rings is 2. The molecule has 0 fully saturated rings. The molecule has 0 heterocycles. The van der Waals surface area contributed by atoms with Gasteiger partial charge in [-0.2, -0.15) is 0 Å². The van der Waals surface area contributed by atoms with Gasteiger partial charge in [-0.25, -0.2) is 0 Å². The van der Waals surface area contributed by atoms with Gasteiger partial charge in [0.05, 0.1) is 4.92 Å². The maximum absolute atomic E-state index is 12.2. The summed E-state index contributed by atoms with van der Waals surface area (Å²) in [5, 5.41) is 13.7. The quantitative estimate of drug-likeness (QED) is 0.644. The standard InChI is InChI=1S/C18H20N2O3/c1-4-12(2)14-7-9-16(10-8-14)19-18(21)15-6-5-13(3)17(11-15)20(22)23/h5-12H,4H2,1-3H3,(H,19,21)/t12-/m1/s1. The molecule has 0 saturated heterocycles. The highest BCUT2D eigenvalue weighted by Gasteiger charge is 2.15. The van der Waals surface area contributed by atoms with E-state index in [-0.39, 0.29) is 17.2 Å². The fourth-order valence-corrected chi connectivity index (χ4v) is 2.28. The third-order valence-corrected chi connectivity index (χ3v) is 4.02. The zero-order valence-electron chi connectivity index (χ0n) is 13.5. The highest BCUT2D eigenvalue weighted by molar-refractivity contribution is 6.04. The highest BCUT2D eigenvalue weighted by Crippen LogP contribution is 2.22. The Hall–Kier alpha value is -2.69. The molecule has 5 heteroatoms. The highest BCUT2D eigenvalue weighted by atomic mass is 16.6. The second-order valence-electron chi connectivity index (χ2n) is 5.64. The number of hydrogen-bond donors (Lipinski definition) is 1. The summed E-state index contributed by atoms with van der Waals surface area (Å²) in [6.45, 7) is 5.93. The molecule has 0 bridgehead atoms. The van der Waals surface area contributed by atoms with Crippen LogP contribution in [0.25, 0.3) is 0 Å². The molecule has 120 valence electrons. The lowest BCUT2D eigenvalue weighted by atomic mass is 9.98. The van der Waals surface area contributed by atoms with Gasteiger partial charge in [-0.05, 0) is 43.0 Å². The number of nitro groups is 1. The van der Waals surface area contributed by atoms with Crippen LogP contribution < -0.4 is 5.32 Å². The van der Waals surface area contributed by atoms with Gasteiger partial charge < -0.3 is 5.32 Å². The minimum atomic E-state index is -0.479. The summed E-state index contributed by atoms with van der Waals surface area (Å²) in [6.07, 6.45) is 1.05. The van der Waals surface area contributed by atoms with Gasteiger partial charge in [-0.3, -0.25) is 14.9 Å². The van der Waals surface area contributed by atoms with Crippen LogP contribution in [0.1, 0.15) is 47.7 Å². The van der Waals surface area contributed by atoms with Crippen LogP contribution in [0.5, 0.6) is 0 Å². The van der Waals surface area contributed by atoms with Crippen LogP contribution in [0.2, 0.25) is 0 Å². The average Bonchev–Trinajstić information content (AvgIpc) is 2.54. The van der Waals surface area contributed by atoms with Gasteiger partial charge in [0.15, 0.2) is 0 Å². The summed E-state index contributed by atoms with van der Waals surface area (Å²) in [7, 11) is 0. The number of hydrogen-bond acceptors (Lipinski definition) is 3. The Morgan fingerprint density at radius 1 is 1.22 bits per heavy atom. The number of nitrogens with one attached hydrogen (secondary N) is 1. The van der Waals surface area contributed by atoms with Gasteiger partial charge in [0.2, 0.25) is 0 Å². The first kappa shape index (κ1) is 16.7. The molecule has 23 heavy (non-hydrogen) atoms. The van der Waals surface area contributed by atoms with Gasteiger partial charge in [-0.15, -0.1) is 0 Å². The smallest absolute Gasteiger partial charge is 0.273 e. The maximum Gasteiger partial charge on any atom is 0.273 e. The van der Waals surface area contributed by atoms with Crippen molar-refractivity contribution in [2.24, 2.45) is 0 Å². The minimum absolute atomic E-state index is 0.0511. The van der Waals surface area contributed by atoms with Gasteiger partial charge in [-0.1, -0.05) is 32.0 Å². The zero-order valence-corrected chi connectivity index (χ0v) is 13.5. The molecule has 5 nitrogen and oxygen atoms in total.